The zero-order chi connectivity index (χ0) is 18.7. The number of hydrogen-bond acceptors (Lipinski definition) is 2. The Hall–Kier alpha value is -2.63. The van der Waals surface area contributed by atoms with Crippen LogP contribution in [0, 0.1) is 11.6 Å². The molecule has 0 heterocycles. The van der Waals surface area contributed by atoms with Crippen molar-refractivity contribution in [1.82, 2.24) is 10.6 Å². The van der Waals surface area contributed by atoms with Crippen LogP contribution in [-0.2, 0) is 6.54 Å². The lowest BCUT2D eigenvalue weighted by Crippen LogP contribution is -2.37. The summed E-state index contributed by atoms with van der Waals surface area (Å²) in [7, 11) is 0. The van der Waals surface area contributed by atoms with Crippen molar-refractivity contribution in [2.24, 2.45) is 0 Å². The number of carbonyl (C=O) groups excluding carboxylic acids is 1. The summed E-state index contributed by atoms with van der Waals surface area (Å²) in [6.45, 7) is 4.23. The van der Waals surface area contributed by atoms with Gasteiger partial charge in [-0.15, -0.1) is 0 Å². The Bertz CT molecular complexity index is 775. The maximum Gasteiger partial charge on any atom is 0.315 e. The average molecular weight is 360 g/mol. The second-order valence-electron chi connectivity index (χ2n) is 6.73. The Morgan fingerprint density at radius 3 is 2.58 bits per heavy atom. The summed E-state index contributed by atoms with van der Waals surface area (Å²) in [6, 6.07) is 10.7. The van der Waals surface area contributed by atoms with E-state index in [4.69, 9.17) is 4.74 Å². The van der Waals surface area contributed by atoms with E-state index in [1.54, 1.807) is 0 Å². The summed E-state index contributed by atoms with van der Waals surface area (Å²) in [6.07, 6.45) is 0.607. The maximum atomic E-state index is 13.8. The molecule has 1 fully saturated rings. The molecular weight excluding hydrogens is 338 g/mol. The fourth-order valence-electron chi connectivity index (χ4n) is 2.94. The summed E-state index contributed by atoms with van der Waals surface area (Å²) in [5, 5.41) is 5.52. The van der Waals surface area contributed by atoms with E-state index in [2.05, 4.69) is 10.6 Å². The first-order chi connectivity index (χ1) is 12.4. The van der Waals surface area contributed by atoms with Gasteiger partial charge in [0, 0.05) is 24.1 Å². The highest BCUT2D eigenvalue weighted by Gasteiger charge is 2.42. The number of urea groups is 1. The van der Waals surface area contributed by atoms with Crippen molar-refractivity contribution in [3.8, 4) is 5.75 Å². The van der Waals surface area contributed by atoms with E-state index in [1.165, 1.54) is 18.2 Å². The molecule has 2 N–H and O–H groups in total. The Balaban J connectivity index is 1.50. The van der Waals surface area contributed by atoms with E-state index in [1.807, 2.05) is 38.1 Å². The van der Waals surface area contributed by atoms with Crippen molar-refractivity contribution < 1.29 is 18.3 Å². The van der Waals surface area contributed by atoms with Crippen molar-refractivity contribution in [3.05, 3.63) is 65.2 Å². The number of amides is 2. The van der Waals surface area contributed by atoms with Crippen molar-refractivity contribution in [3.63, 3.8) is 0 Å². The molecule has 26 heavy (non-hydrogen) atoms. The average Bonchev–Trinajstić information content (AvgIpc) is 3.31. The van der Waals surface area contributed by atoms with E-state index in [0.29, 0.717) is 13.0 Å². The number of ether oxygens (including phenoxy) is 1. The third-order valence-electron chi connectivity index (χ3n) is 4.20. The Labute approximate surface area is 151 Å². The number of carbonyl (C=O) groups is 1. The molecular formula is C20H22F2N2O2. The van der Waals surface area contributed by atoms with Crippen LogP contribution in [0.5, 0.6) is 5.75 Å². The molecule has 0 aliphatic heterocycles. The molecule has 0 aromatic heterocycles. The van der Waals surface area contributed by atoms with E-state index < -0.39 is 11.6 Å². The molecule has 2 atom stereocenters. The molecule has 1 saturated carbocycles. The number of hydrogen-bond donors (Lipinski definition) is 2. The van der Waals surface area contributed by atoms with Crippen LogP contribution >= 0.6 is 0 Å². The first kappa shape index (κ1) is 18.2. The Kier molecular flexibility index (Phi) is 5.40. The molecule has 2 amide bonds. The fraction of sp³-hybridized carbons (Fsp3) is 0.350. The van der Waals surface area contributed by atoms with Gasteiger partial charge in [-0.25, -0.2) is 13.6 Å². The predicted molar refractivity (Wildman–Crippen MR) is 95.1 cm³/mol. The molecule has 138 valence electrons. The largest absolute Gasteiger partial charge is 0.491 e. The van der Waals surface area contributed by atoms with Gasteiger partial charge in [0.25, 0.3) is 0 Å². The fourth-order valence-corrected chi connectivity index (χ4v) is 2.94. The quantitative estimate of drug-likeness (QED) is 0.815. The van der Waals surface area contributed by atoms with Gasteiger partial charge in [-0.2, -0.15) is 0 Å². The molecule has 2 unspecified atom stereocenters. The zero-order valence-electron chi connectivity index (χ0n) is 14.8. The number of nitrogens with one attached hydrogen (secondary N) is 2. The van der Waals surface area contributed by atoms with Gasteiger partial charge < -0.3 is 15.4 Å². The third-order valence-corrected chi connectivity index (χ3v) is 4.20. The van der Waals surface area contributed by atoms with Crippen molar-refractivity contribution in [2.75, 3.05) is 0 Å². The minimum absolute atomic E-state index is 0.0522. The zero-order valence-corrected chi connectivity index (χ0v) is 14.8. The SMILES string of the molecule is CC(C)Oc1cccc(CNC(=O)NC2CC2c2c(F)cccc2F)c1. The minimum Gasteiger partial charge on any atom is -0.491 e. The lowest BCUT2D eigenvalue weighted by molar-refractivity contribution is 0.238. The van der Waals surface area contributed by atoms with Gasteiger partial charge in [0.05, 0.1) is 6.10 Å². The number of rotatable bonds is 6. The van der Waals surface area contributed by atoms with Crippen LogP contribution in [0.2, 0.25) is 0 Å². The highest BCUT2D eigenvalue weighted by molar-refractivity contribution is 5.75. The van der Waals surface area contributed by atoms with Crippen molar-refractivity contribution in [2.45, 2.75) is 44.9 Å². The topological polar surface area (TPSA) is 50.4 Å². The van der Waals surface area contributed by atoms with E-state index >= 15 is 0 Å². The highest BCUT2D eigenvalue weighted by atomic mass is 19.1. The standard InChI is InChI=1S/C20H22F2N2O2/c1-12(2)26-14-6-3-5-13(9-14)11-23-20(25)24-18-10-15(18)19-16(21)7-4-8-17(19)22/h3-9,12,15,18H,10-11H2,1-2H3,(H2,23,24,25). The van der Waals surface area contributed by atoms with Crippen LogP contribution in [0.25, 0.3) is 0 Å². The van der Waals surface area contributed by atoms with E-state index in [0.717, 1.165) is 11.3 Å². The maximum absolute atomic E-state index is 13.8. The summed E-state index contributed by atoms with van der Waals surface area (Å²) >= 11 is 0. The van der Waals surface area contributed by atoms with Crippen LogP contribution < -0.4 is 15.4 Å². The van der Waals surface area contributed by atoms with E-state index in [-0.39, 0.29) is 29.7 Å². The molecule has 6 heteroatoms. The highest BCUT2D eigenvalue weighted by Crippen LogP contribution is 2.43. The summed E-state index contributed by atoms with van der Waals surface area (Å²) in [5.74, 6) is -0.704. The van der Waals surface area contributed by atoms with Gasteiger partial charge in [-0.05, 0) is 50.1 Å². The molecule has 0 spiro atoms. The normalized spacial score (nSPS) is 18.5. The molecule has 0 saturated heterocycles. The van der Waals surface area contributed by atoms with Crippen LogP contribution in [0.15, 0.2) is 42.5 Å². The van der Waals surface area contributed by atoms with E-state index in [9.17, 15) is 13.6 Å². The Morgan fingerprint density at radius 2 is 1.88 bits per heavy atom. The van der Waals surface area contributed by atoms with Gasteiger partial charge in [0.15, 0.2) is 0 Å². The van der Waals surface area contributed by atoms with Gasteiger partial charge in [0.2, 0.25) is 0 Å². The second-order valence-corrected chi connectivity index (χ2v) is 6.73. The summed E-state index contributed by atoms with van der Waals surface area (Å²) in [4.78, 5) is 12.0. The smallest absolute Gasteiger partial charge is 0.315 e. The Morgan fingerprint density at radius 1 is 1.19 bits per heavy atom. The molecule has 2 aromatic carbocycles. The molecule has 2 aromatic rings. The lowest BCUT2D eigenvalue weighted by atomic mass is 10.1. The predicted octanol–water partition coefficient (Wildman–Crippen LogP) is 4.11. The number of halogens is 2. The van der Waals surface area contributed by atoms with Crippen LogP contribution in [0.3, 0.4) is 0 Å². The second kappa shape index (κ2) is 7.72. The molecule has 1 aliphatic rings. The first-order valence-electron chi connectivity index (χ1n) is 8.68. The van der Waals surface area contributed by atoms with Crippen molar-refractivity contribution >= 4 is 6.03 Å². The molecule has 0 bridgehead atoms. The van der Waals surface area contributed by atoms with Gasteiger partial charge in [-0.1, -0.05) is 18.2 Å². The molecule has 4 nitrogen and oxygen atoms in total. The lowest BCUT2D eigenvalue weighted by Gasteiger charge is -2.12. The number of benzene rings is 2. The minimum atomic E-state index is -0.568. The third kappa shape index (κ3) is 4.50. The van der Waals surface area contributed by atoms with Crippen LogP contribution in [0.4, 0.5) is 13.6 Å². The first-order valence-corrected chi connectivity index (χ1v) is 8.68. The van der Waals surface area contributed by atoms with Crippen LogP contribution in [0.1, 0.15) is 37.3 Å². The summed E-state index contributed by atoms with van der Waals surface area (Å²) in [5.41, 5.74) is 0.960. The van der Waals surface area contributed by atoms with Gasteiger partial charge in [0.1, 0.15) is 17.4 Å². The molecule has 1 aliphatic carbocycles. The van der Waals surface area contributed by atoms with Gasteiger partial charge >= 0.3 is 6.03 Å². The molecule has 0 radical (unpaired) electrons. The molecule has 3 rings (SSSR count). The van der Waals surface area contributed by atoms with Crippen molar-refractivity contribution in [1.29, 1.82) is 0 Å². The van der Waals surface area contributed by atoms with Crippen LogP contribution in [-0.4, -0.2) is 18.2 Å². The monoisotopic (exact) mass is 360 g/mol. The van der Waals surface area contributed by atoms with Gasteiger partial charge in [-0.3, -0.25) is 0 Å². The summed E-state index contributed by atoms with van der Waals surface area (Å²) < 4.78 is 33.2.